The van der Waals surface area contributed by atoms with E-state index in [1.807, 2.05) is 48.3 Å². The molecule has 0 spiro atoms. The zero-order chi connectivity index (χ0) is 43.5. The van der Waals surface area contributed by atoms with Crippen LogP contribution in [0.15, 0.2) is 24.8 Å². The number of aldehydes is 1. The average Bonchev–Trinajstić information content (AvgIpc) is 3.19. The summed E-state index contributed by atoms with van der Waals surface area (Å²) in [5.41, 5.74) is 1.41. The molecule has 0 aliphatic heterocycles. The van der Waals surface area contributed by atoms with Crippen molar-refractivity contribution in [2.45, 2.75) is 250 Å². The first-order chi connectivity index (χ1) is 26.3. The van der Waals surface area contributed by atoms with E-state index in [1.54, 1.807) is 6.08 Å². The third-order valence-corrected chi connectivity index (χ3v) is 8.83. The molecule has 1 atom stereocenters. The number of hydrogen-bond acceptors (Lipinski definition) is 3. The number of allylic oxidation sites excluding steroid dienone is 2. The fraction of sp³-hybridized carbons (Fsp3) is 0.840. The highest BCUT2D eigenvalue weighted by Gasteiger charge is 2.20. The molecule has 1 fully saturated rings. The predicted octanol–water partition coefficient (Wildman–Crippen LogP) is 18.1. The topological polar surface area (TPSA) is 43.4 Å². The van der Waals surface area contributed by atoms with Crippen molar-refractivity contribution in [1.29, 1.82) is 0 Å². The van der Waals surface area contributed by atoms with Crippen molar-refractivity contribution < 1.29 is 19.1 Å². The van der Waals surface area contributed by atoms with Gasteiger partial charge in [0, 0.05) is 0 Å². The number of carbonyl (C=O) groups is 2. The summed E-state index contributed by atoms with van der Waals surface area (Å²) in [7, 11) is 0. The molecule has 328 valence electrons. The van der Waals surface area contributed by atoms with E-state index >= 15 is 0 Å². The van der Waals surface area contributed by atoms with Gasteiger partial charge in [0.2, 0.25) is 0 Å². The van der Waals surface area contributed by atoms with Gasteiger partial charge in [0.25, 0.3) is 0 Å². The van der Waals surface area contributed by atoms with Gasteiger partial charge in [-0.3, -0.25) is 0 Å². The van der Waals surface area contributed by atoms with Crippen molar-refractivity contribution in [1.82, 2.24) is 0 Å². The third-order valence-electron chi connectivity index (χ3n) is 8.83. The SMILES string of the molecule is C#C.C=C(C)C1CCC(CCC)CC1.C=CC.C=O.CC.CC.CC=O.CCCC(C)COF.CCCCCCCCCCCCCCCCCCCC. The Morgan fingerprint density at radius 2 is 0.944 bits per heavy atom. The first-order valence-electron chi connectivity index (χ1n) is 22.8. The standard InChI is InChI=1S/C20H42.C12H22.C6H13FO.C3H6.C2H4O.2C2H6.C2H2.CH2O/c1-3-5-7-9-11-13-15-17-19-20-18-16-14-12-10-8-6-4-2;1-4-5-11-6-8-12(9-7-11)10(2)3;1-3-4-6(2)5-8-7;1-3-2;1-2-3;4*1-2/h3-20H2,1-2H3;11-12H,2,4-9H2,1,3H3;6H,3-5H2,1-2H3;3H,1H2,2H3;2H,1H3;2*1-2H3;1-2H;1H2. The maximum absolute atomic E-state index is 11.1. The lowest BCUT2D eigenvalue weighted by Gasteiger charge is -2.28. The molecule has 3 nitrogen and oxygen atoms in total. The molecule has 54 heavy (non-hydrogen) atoms. The van der Waals surface area contributed by atoms with Gasteiger partial charge in [-0.15, -0.1) is 19.4 Å². The van der Waals surface area contributed by atoms with Crippen molar-refractivity contribution in [3.63, 3.8) is 0 Å². The summed E-state index contributed by atoms with van der Waals surface area (Å²) in [5.74, 6) is 2.24. The second kappa shape index (κ2) is 79.9. The minimum atomic E-state index is 0.244. The van der Waals surface area contributed by atoms with Gasteiger partial charge in [0.1, 0.15) is 13.1 Å². The maximum atomic E-state index is 11.1. The van der Waals surface area contributed by atoms with Gasteiger partial charge in [0.05, 0.1) is 6.61 Å². The Labute approximate surface area is 343 Å². The molecule has 0 amide bonds. The van der Waals surface area contributed by atoms with E-state index in [0.29, 0.717) is 5.92 Å². The fourth-order valence-corrected chi connectivity index (χ4v) is 6.01. The summed E-state index contributed by atoms with van der Waals surface area (Å²) in [6.45, 7) is 34.1. The Hall–Kier alpha value is -1.73. The second-order valence-electron chi connectivity index (χ2n) is 13.8. The smallest absolute Gasteiger partial charge is 0.116 e. The molecule has 1 saturated carbocycles. The largest absolute Gasteiger partial charge is 0.307 e. The van der Waals surface area contributed by atoms with Crippen molar-refractivity contribution in [2.24, 2.45) is 17.8 Å². The van der Waals surface area contributed by atoms with Crippen LogP contribution >= 0.6 is 0 Å². The second-order valence-corrected chi connectivity index (χ2v) is 13.8. The highest BCUT2D eigenvalue weighted by Crippen LogP contribution is 2.34. The monoisotopic (exact) mass is 771 g/mol. The molecule has 1 rings (SSSR count). The van der Waals surface area contributed by atoms with E-state index in [9.17, 15) is 4.53 Å². The third kappa shape index (κ3) is 83.3. The Morgan fingerprint density at radius 3 is 1.15 bits per heavy atom. The van der Waals surface area contributed by atoms with Crippen LogP contribution in [0.2, 0.25) is 0 Å². The molecular formula is C50H103FO3. The van der Waals surface area contributed by atoms with E-state index in [-0.39, 0.29) is 6.61 Å². The van der Waals surface area contributed by atoms with Crippen molar-refractivity contribution >= 4 is 13.1 Å². The molecule has 0 aromatic rings. The number of hydrogen-bond donors (Lipinski definition) is 0. The zero-order valence-electron chi connectivity index (χ0n) is 39.4. The van der Waals surface area contributed by atoms with Crippen LogP contribution < -0.4 is 0 Å². The highest BCUT2D eigenvalue weighted by atomic mass is 19.3. The summed E-state index contributed by atoms with van der Waals surface area (Å²) in [5, 5.41) is 0. The summed E-state index contributed by atoms with van der Waals surface area (Å²) in [6.07, 6.45) is 47.6. The fourth-order valence-electron chi connectivity index (χ4n) is 6.01. The van der Waals surface area contributed by atoms with E-state index in [4.69, 9.17) is 9.59 Å². The number of unbranched alkanes of at least 4 members (excludes halogenated alkanes) is 17. The van der Waals surface area contributed by atoms with E-state index in [1.165, 1.54) is 167 Å². The van der Waals surface area contributed by atoms with Crippen LogP contribution in [0, 0.1) is 30.6 Å². The van der Waals surface area contributed by atoms with Crippen molar-refractivity contribution in [3.8, 4) is 12.8 Å². The van der Waals surface area contributed by atoms with Gasteiger partial charge in [-0.05, 0) is 75.2 Å². The Balaban J connectivity index is -0.0000000883. The lowest BCUT2D eigenvalue weighted by atomic mass is 9.78. The lowest BCUT2D eigenvalue weighted by Crippen LogP contribution is -2.14. The Kier molecular flexibility index (Phi) is 104. The number of halogens is 1. The molecule has 0 saturated heterocycles. The normalized spacial score (nSPS) is 13.7. The first-order valence-corrected chi connectivity index (χ1v) is 22.8. The van der Waals surface area contributed by atoms with Gasteiger partial charge < -0.3 is 9.59 Å². The van der Waals surface area contributed by atoms with Crippen molar-refractivity contribution in [3.05, 3.63) is 24.8 Å². The number of carbonyl (C=O) groups excluding carboxylic acids is 2. The Morgan fingerprint density at radius 1 is 0.667 bits per heavy atom. The van der Waals surface area contributed by atoms with E-state index in [2.05, 4.69) is 65.6 Å². The molecule has 0 N–H and O–H groups in total. The molecular weight excluding hydrogens is 668 g/mol. The van der Waals surface area contributed by atoms with Crippen LogP contribution in [0.3, 0.4) is 0 Å². The van der Waals surface area contributed by atoms with Gasteiger partial charge in [-0.1, -0.05) is 215 Å². The Bertz CT molecular complexity index is 580. The van der Waals surface area contributed by atoms with Crippen LogP contribution in [0.4, 0.5) is 4.53 Å². The first kappa shape index (κ1) is 70.1. The summed E-state index contributed by atoms with van der Waals surface area (Å²) >= 11 is 0. The minimum Gasteiger partial charge on any atom is -0.307 e. The van der Waals surface area contributed by atoms with Crippen LogP contribution in [0.1, 0.15) is 250 Å². The van der Waals surface area contributed by atoms with E-state index in [0.717, 1.165) is 31.0 Å². The molecule has 0 radical (unpaired) electrons. The average molecular weight is 771 g/mol. The minimum absolute atomic E-state index is 0.244. The maximum Gasteiger partial charge on any atom is 0.116 e. The lowest BCUT2D eigenvalue weighted by molar-refractivity contribution is -0.144. The molecule has 0 aromatic heterocycles. The highest BCUT2D eigenvalue weighted by molar-refractivity contribution is 5.44. The van der Waals surface area contributed by atoms with Crippen LogP contribution in [0.25, 0.3) is 0 Å². The molecule has 1 aliphatic carbocycles. The molecule has 0 heterocycles. The van der Waals surface area contributed by atoms with Gasteiger partial charge in [-0.25, -0.2) is 0 Å². The van der Waals surface area contributed by atoms with E-state index < -0.39 is 0 Å². The molecule has 1 aliphatic rings. The van der Waals surface area contributed by atoms with Crippen LogP contribution in [-0.2, 0) is 14.5 Å². The van der Waals surface area contributed by atoms with Crippen LogP contribution in [-0.4, -0.2) is 19.7 Å². The molecule has 1 unspecified atom stereocenters. The molecule has 4 heteroatoms. The molecule has 0 aromatic carbocycles. The van der Waals surface area contributed by atoms with Gasteiger partial charge in [-0.2, -0.15) is 4.94 Å². The summed E-state index contributed by atoms with van der Waals surface area (Å²) < 4.78 is 11.1. The number of rotatable bonds is 24. The molecule has 0 bridgehead atoms. The van der Waals surface area contributed by atoms with Crippen molar-refractivity contribution in [2.75, 3.05) is 6.61 Å². The zero-order valence-corrected chi connectivity index (χ0v) is 39.4. The predicted molar refractivity (Wildman–Crippen MR) is 248 cm³/mol. The summed E-state index contributed by atoms with van der Waals surface area (Å²) in [4.78, 5) is 20.3. The number of terminal acetylenes is 1. The summed E-state index contributed by atoms with van der Waals surface area (Å²) in [6, 6.07) is 0. The van der Waals surface area contributed by atoms with Crippen LogP contribution in [0.5, 0.6) is 0 Å². The van der Waals surface area contributed by atoms with Gasteiger partial charge in [0.15, 0.2) is 0 Å². The quantitative estimate of drug-likeness (QED) is 0.0425. The van der Waals surface area contributed by atoms with Gasteiger partial charge >= 0.3 is 0 Å².